The summed E-state index contributed by atoms with van der Waals surface area (Å²) in [6.07, 6.45) is 0. The molecule has 0 aromatic heterocycles. The van der Waals surface area contributed by atoms with Gasteiger partial charge in [0.15, 0.2) is 10.0 Å². The molecule has 0 heterocycles. The Morgan fingerprint density at radius 2 is 1.80 bits per heavy atom. The molecule has 0 saturated carbocycles. The highest BCUT2D eigenvalue weighted by molar-refractivity contribution is 7.94. The third kappa shape index (κ3) is 2.14. The molecule has 0 fully saturated rings. The van der Waals surface area contributed by atoms with Gasteiger partial charge in [0.2, 0.25) is 0 Å². The van der Waals surface area contributed by atoms with E-state index >= 15 is 0 Å². The van der Waals surface area contributed by atoms with E-state index in [1.165, 1.54) is 6.92 Å². The maximum atomic E-state index is 11.3. The highest BCUT2D eigenvalue weighted by Crippen LogP contribution is 2.26. The third-order valence-electron chi connectivity index (χ3n) is 0.592. The third-order valence-corrected chi connectivity index (χ3v) is 1.77. The van der Waals surface area contributed by atoms with Crippen molar-refractivity contribution in [1.29, 1.82) is 0 Å². The Morgan fingerprint density at radius 1 is 1.40 bits per heavy atom. The zero-order chi connectivity index (χ0) is 8.41. The van der Waals surface area contributed by atoms with Crippen molar-refractivity contribution >= 4 is 10.0 Å². The fourth-order valence-corrected chi connectivity index (χ4v) is 0.729. The molecule has 0 unspecified atom stereocenters. The summed E-state index contributed by atoms with van der Waals surface area (Å²) in [5.41, 5.74) is -5.25. The van der Waals surface area contributed by atoms with Gasteiger partial charge in [-0.2, -0.15) is 13.2 Å². The Hall–Kier alpha value is -0.300. The van der Waals surface area contributed by atoms with Crippen LogP contribution in [0.3, 0.4) is 0 Å². The molecule has 0 rings (SSSR count). The van der Waals surface area contributed by atoms with Crippen molar-refractivity contribution in [3.63, 3.8) is 0 Å². The molecule has 0 N–H and O–H groups in total. The number of alkyl halides is 3. The van der Waals surface area contributed by atoms with Crippen LogP contribution >= 0.6 is 0 Å². The van der Waals surface area contributed by atoms with Crippen molar-refractivity contribution < 1.29 is 21.6 Å². The molecule has 0 aromatic carbocycles. The van der Waals surface area contributed by atoms with Gasteiger partial charge in [-0.15, -0.1) is 6.54 Å². The van der Waals surface area contributed by atoms with Crippen molar-refractivity contribution in [2.24, 2.45) is 0 Å². The van der Waals surface area contributed by atoms with E-state index in [1.54, 1.807) is 0 Å². The van der Waals surface area contributed by atoms with E-state index < -0.39 is 15.5 Å². The van der Waals surface area contributed by atoms with E-state index in [2.05, 4.69) is 4.72 Å². The lowest BCUT2D eigenvalue weighted by Gasteiger charge is -2.18. The molecule has 0 radical (unpaired) electrons. The van der Waals surface area contributed by atoms with E-state index in [9.17, 15) is 21.6 Å². The largest absolute Gasteiger partial charge is 0.541 e. The van der Waals surface area contributed by atoms with E-state index in [1.807, 2.05) is 0 Å². The molecular formula is C3H5F3NO2S-. The van der Waals surface area contributed by atoms with Crippen molar-refractivity contribution in [3.8, 4) is 0 Å². The van der Waals surface area contributed by atoms with Crippen molar-refractivity contribution in [2.45, 2.75) is 12.4 Å². The first-order chi connectivity index (χ1) is 4.31. The molecule has 7 heteroatoms. The van der Waals surface area contributed by atoms with Crippen LogP contribution in [0.25, 0.3) is 4.72 Å². The molecule has 62 valence electrons. The van der Waals surface area contributed by atoms with E-state index in [0.29, 0.717) is 0 Å². The fraction of sp³-hybridized carbons (Fsp3) is 1.00. The van der Waals surface area contributed by atoms with E-state index in [-0.39, 0.29) is 6.54 Å². The second-order valence-electron chi connectivity index (χ2n) is 1.37. The molecule has 0 aliphatic heterocycles. The molecule has 0 bridgehead atoms. The van der Waals surface area contributed by atoms with Gasteiger partial charge < -0.3 is 4.72 Å². The van der Waals surface area contributed by atoms with Gasteiger partial charge >= 0.3 is 5.51 Å². The van der Waals surface area contributed by atoms with Crippen LogP contribution in [0.5, 0.6) is 0 Å². The topological polar surface area (TPSA) is 48.2 Å². The SMILES string of the molecule is CC[N-]S(=O)(=O)C(F)(F)F. The predicted molar refractivity (Wildman–Crippen MR) is 28.9 cm³/mol. The number of hydrogen-bond acceptors (Lipinski definition) is 2. The Kier molecular flexibility index (Phi) is 2.67. The summed E-state index contributed by atoms with van der Waals surface area (Å²) in [5.74, 6) is 0. The first-order valence-electron chi connectivity index (χ1n) is 2.31. The molecule has 3 nitrogen and oxygen atoms in total. The van der Waals surface area contributed by atoms with Gasteiger partial charge in [-0.25, -0.2) is 8.42 Å². The van der Waals surface area contributed by atoms with Crippen LogP contribution in [-0.4, -0.2) is 20.5 Å². The maximum Gasteiger partial charge on any atom is 0.480 e. The molecule has 0 saturated heterocycles. The average molecular weight is 176 g/mol. The minimum atomic E-state index is -5.25. The molecule has 0 atom stereocenters. The highest BCUT2D eigenvalue weighted by atomic mass is 32.2. The van der Waals surface area contributed by atoms with Crippen LogP contribution < -0.4 is 0 Å². The predicted octanol–water partition coefficient (Wildman–Crippen LogP) is 1.23. The number of hydrogen-bond donors (Lipinski definition) is 0. The average Bonchev–Trinajstić information content (AvgIpc) is 1.61. The number of rotatable bonds is 2. The van der Waals surface area contributed by atoms with Crippen LogP contribution in [0.1, 0.15) is 6.92 Å². The van der Waals surface area contributed by atoms with Gasteiger partial charge in [0.25, 0.3) is 0 Å². The first-order valence-corrected chi connectivity index (χ1v) is 3.75. The Bertz CT molecular complexity index is 194. The summed E-state index contributed by atoms with van der Waals surface area (Å²) >= 11 is 0. The Labute approximate surface area is 56.3 Å². The summed E-state index contributed by atoms with van der Waals surface area (Å²) in [5, 5.41) is 0. The summed E-state index contributed by atoms with van der Waals surface area (Å²) in [4.78, 5) is 0. The highest BCUT2D eigenvalue weighted by Gasteiger charge is 2.38. The molecule has 0 spiro atoms. The minimum absolute atomic E-state index is 0.387. The summed E-state index contributed by atoms with van der Waals surface area (Å²) in [6.45, 7) is 0.825. The summed E-state index contributed by atoms with van der Waals surface area (Å²) in [7, 11) is -5.22. The van der Waals surface area contributed by atoms with E-state index in [4.69, 9.17) is 0 Å². The fourth-order valence-electron chi connectivity index (χ4n) is 0.243. The summed E-state index contributed by atoms with van der Waals surface area (Å²) in [6, 6.07) is 0. The van der Waals surface area contributed by atoms with Crippen LogP contribution in [0.15, 0.2) is 0 Å². The zero-order valence-corrected chi connectivity index (χ0v) is 5.83. The van der Waals surface area contributed by atoms with Crippen LogP contribution in [0.4, 0.5) is 13.2 Å². The maximum absolute atomic E-state index is 11.3. The molecule has 10 heavy (non-hydrogen) atoms. The minimum Gasteiger partial charge on any atom is -0.541 e. The molecule has 0 aliphatic rings. The van der Waals surface area contributed by atoms with Crippen molar-refractivity contribution in [2.75, 3.05) is 6.54 Å². The Morgan fingerprint density at radius 3 is 1.90 bits per heavy atom. The van der Waals surface area contributed by atoms with Gasteiger partial charge in [0.05, 0.1) is 0 Å². The molecule has 0 aromatic rings. The van der Waals surface area contributed by atoms with Crippen LogP contribution in [-0.2, 0) is 10.0 Å². The van der Waals surface area contributed by atoms with Crippen LogP contribution in [0.2, 0.25) is 0 Å². The zero-order valence-electron chi connectivity index (χ0n) is 5.01. The second-order valence-corrected chi connectivity index (χ2v) is 3.04. The molecule has 0 aliphatic carbocycles. The smallest absolute Gasteiger partial charge is 0.480 e. The van der Waals surface area contributed by atoms with Crippen molar-refractivity contribution in [3.05, 3.63) is 4.72 Å². The molecular weight excluding hydrogens is 171 g/mol. The van der Waals surface area contributed by atoms with Gasteiger partial charge in [0.1, 0.15) is 0 Å². The lowest BCUT2D eigenvalue weighted by atomic mass is 10.8. The lowest BCUT2D eigenvalue weighted by Crippen LogP contribution is -2.21. The van der Waals surface area contributed by atoms with Crippen molar-refractivity contribution in [1.82, 2.24) is 0 Å². The van der Waals surface area contributed by atoms with Gasteiger partial charge in [0, 0.05) is 0 Å². The number of nitrogens with zero attached hydrogens (tertiary/aromatic N) is 1. The first kappa shape index (κ1) is 9.70. The quantitative estimate of drug-likeness (QED) is 0.635. The monoisotopic (exact) mass is 176 g/mol. The van der Waals surface area contributed by atoms with E-state index in [0.717, 1.165) is 0 Å². The second kappa shape index (κ2) is 2.75. The Balaban J connectivity index is 4.44. The molecule has 0 amide bonds. The van der Waals surface area contributed by atoms with Gasteiger partial charge in [-0.1, -0.05) is 6.92 Å². The van der Waals surface area contributed by atoms with Crippen LogP contribution in [0, 0.1) is 0 Å². The van der Waals surface area contributed by atoms with Gasteiger partial charge in [-0.3, -0.25) is 0 Å². The lowest BCUT2D eigenvalue weighted by molar-refractivity contribution is -0.0427. The standard InChI is InChI=1S/C3H5F3NO2S/c1-2-7-10(8,9)3(4,5)6/h2H2,1H3/q-1. The number of halogens is 3. The normalized spacial score (nSPS) is 13.6. The van der Waals surface area contributed by atoms with Gasteiger partial charge in [-0.05, 0) is 0 Å². The number of sulfonamides is 1. The summed E-state index contributed by atoms with van der Waals surface area (Å²) < 4.78 is 56.3.